The second-order valence-electron chi connectivity index (χ2n) is 4.24. The van der Waals surface area contributed by atoms with Crippen molar-refractivity contribution in [3.8, 4) is 0 Å². The molecule has 0 unspecified atom stereocenters. The molecular formula is C15H15N3O2S2. The Labute approximate surface area is 136 Å². The van der Waals surface area contributed by atoms with E-state index >= 15 is 0 Å². The molecule has 1 amide bonds. The van der Waals surface area contributed by atoms with E-state index in [2.05, 4.69) is 15.8 Å². The molecule has 114 valence electrons. The first-order valence-electron chi connectivity index (χ1n) is 6.58. The summed E-state index contributed by atoms with van der Waals surface area (Å²) in [6, 6.07) is 12.6. The van der Waals surface area contributed by atoms with Crippen molar-refractivity contribution in [1.82, 2.24) is 10.4 Å². The van der Waals surface area contributed by atoms with Gasteiger partial charge >= 0.3 is 0 Å². The van der Waals surface area contributed by atoms with E-state index in [0.717, 1.165) is 17.0 Å². The van der Waals surface area contributed by atoms with Gasteiger partial charge in [-0.25, -0.2) is 4.98 Å². The van der Waals surface area contributed by atoms with Gasteiger partial charge in [-0.2, -0.15) is 0 Å². The van der Waals surface area contributed by atoms with Crippen molar-refractivity contribution in [1.29, 1.82) is 0 Å². The van der Waals surface area contributed by atoms with Crippen molar-refractivity contribution in [2.75, 3.05) is 11.2 Å². The number of benzene rings is 1. The zero-order valence-electron chi connectivity index (χ0n) is 11.7. The van der Waals surface area contributed by atoms with E-state index in [-0.39, 0.29) is 5.91 Å². The molecule has 0 spiro atoms. The average Bonchev–Trinajstić information content (AvgIpc) is 2.58. The zero-order valence-corrected chi connectivity index (χ0v) is 13.3. The van der Waals surface area contributed by atoms with E-state index in [4.69, 9.17) is 0 Å². The summed E-state index contributed by atoms with van der Waals surface area (Å²) in [6.07, 6.45) is 2.93. The molecule has 2 N–H and O–H groups in total. The largest absolute Gasteiger partial charge is 0.299 e. The molecule has 1 heterocycles. The molecule has 0 saturated carbocycles. The van der Waals surface area contributed by atoms with Crippen molar-refractivity contribution < 1.29 is 9.59 Å². The quantitative estimate of drug-likeness (QED) is 0.335. The highest BCUT2D eigenvalue weighted by Crippen LogP contribution is 2.29. The SMILES string of the molecule is O=Cc1ccc(NNC(=O)CCSSc2ccccn2)cc1. The number of rotatable bonds is 8. The Bertz CT molecular complexity index is 606. The summed E-state index contributed by atoms with van der Waals surface area (Å²) >= 11 is 0. The fraction of sp³-hybridized carbons (Fsp3) is 0.133. The van der Waals surface area contributed by atoms with Gasteiger partial charge in [0.05, 0.1) is 5.69 Å². The molecule has 7 heteroatoms. The van der Waals surface area contributed by atoms with E-state index in [9.17, 15) is 9.59 Å². The summed E-state index contributed by atoms with van der Waals surface area (Å²) < 4.78 is 0. The van der Waals surface area contributed by atoms with E-state index < -0.39 is 0 Å². The van der Waals surface area contributed by atoms with Crippen molar-refractivity contribution in [3.63, 3.8) is 0 Å². The number of nitrogens with zero attached hydrogens (tertiary/aromatic N) is 1. The molecule has 0 aliphatic rings. The highest BCUT2D eigenvalue weighted by molar-refractivity contribution is 8.76. The highest BCUT2D eigenvalue weighted by atomic mass is 33.1. The maximum atomic E-state index is 11.7. The fourth-order valence-electron chi connectivity index (χ4n) is 1.48. The topological polar surface area (TPSA) is 71.1 Å². The lowest BCUT2D eigenvalue weighted by molar-refractivity contribution is -0.120. The minimum Gasteiger partial charge on any atom is -0.299 e. The van der Waals surface area contributed by atoms with Crippen LogP contribution in [0.4, 0.5) is 5.69 Å². The first-order valence-corrected chi connectivity index (χ1v) is 8.90. The normalized spacial score (nSPS) is 10.0. The molecule has 1 aromatic carbocycles. The number of hydrogen-bond acceptors (Lipinski definition) is 6. The van der Waals surface area contributed by atoms with Gasteiger partial charge in [0.2, 0.25) is 5.91 Å². The zero-order chi connectivity index (χ0) is 15.6. The minimum atomic E-state index is -0.0893. The van der Waals surface area contributed by atoms with Crippen LogP contribution in [0.3, 0.4) is 0 Å². The molecule has 1 aromatic heterocycles. The molecular weight excluding hydrogens is 318 g/mol. The summed E-state index contributed by atoms with van der Waals surface area (Å²) in [6.45, 7) is 0. The second kappa shape index (κ2) is 9.11. The number of amides is 1. The van der Waals surface area contributed by atoms with Gasteiger partial charge in [-0.1, -0.05) is 16.9 Å². The van der Waals surface area contributed by atoms with E-state index in [1.54, 1.807) is 52.1 Å². The van der Waals surface area contributed by atoms with Crippen molar-refractivity contribution in [2.24, 2.45) is 0 Å². The van der Waals surface area contributed by atoms with E-state index in [0.29, 0.717) is 17.7 Å². The minimum absolute atomic E-state index is 0.0893. The van der Waals surface area contributed by atoms with E-state index in [1.807, 2.05) is 18.2 Å². The summed E-state index contributed by atoms with van der Waals surface area (Å²) in [4.78, 5) is 26.4. The monoisotopic (exact) mass is 333 g/mol. The van der Waals surface area contributed by atoms with Gasteiger partial charge in [0.25, 0.3) is 0 Å². The van der Waals surface area contributed by atoms with Gasteiger partial charge < -0.3 is 0 Å². The predicted molar refractivity (Wildman–Crippen MR) is 90.8 cm³/mol. The van der Waals surface area contributed by atoms with Gasteiger partial charge in [0.1, 0.15) is 11.3 Å². The summed E-state index contributed by atoms with van der Waals surface area (Å²) in [5.41, 5.74) is 6.76. The number of nitrogens with one attached hydrogen (secondary N) is 2. The first kappa shape index (κ1) is 16.4. The Kier molecular flexibility index (Phi) is 6.79. The number of hydrazine groups is 1. The number of pyridine rings is 1. The van der Waals surface area contributed by atoms with Crippen LogP contribution in [0.25, 0.3) is 0 Å². The van der Waals surface area contributed by atoms with Crippen LogP contribution in [0.5, 0.6) is 0 Å². The maximum Gasteiger partial charge on any atom is 0.239 e. The molecule has 0 fully saturated rings. The third kappa shape index (κ3) is 5.79. The van der Waals surface area contributed by atoms with Crippen LogP contribution in [-0.4, -0.2) is 22.9 Å². The summed E-state index contributed by atoms with van der Waals surface area (Å²) in [5.74, 6) is 0.604. The van der Waals surface area contributed by atoms with Crippen LogP contribution in [0.15, 0.2) is 53.7 Å². The number of aromatic nitrogens is 1. The van der Waals surface area contributed by atoms with Crippen LogP contribution in [0, 0.1) is 0 Å². The second-order valence-corrected chi connectivity index (χ2v) is 6.67. The number of aldehydes is 1. The number of carbonyl (C=O) groups is 2. The highest BCUT2D eigenvalue weighted by Gasteiger charge is 2.02. The lowest BCUT2D eigenvalue weighted by atomic mass is 10.2. The molecule has 2 aromatic rings. The third-order valence-corrected chi connectivity index (χ3v) is 4.85. The average molecular weight is 333 g/mol. The van der Waals surface area contributed by atoms with Gasteiger partial charge in [-0.15, -0.1) is 0 Å². The fourth-order valence-corrected chi connectivity index (χ4v) is 3.35. The number of hydrogen-bond donors (Lipinski definition) is 2. The van der Waals surface area contributed by atoms with Crippen LogP contribution in [0.2, 0.25) is 0 Å². The maximum absolute atomic E-state index is 11.7. The molecule has 0 bridgehead atoms. The Morgan fingerprint density at radius 1 is 1.18 bits per heavy atom. The lowest BCUT2D eigenvalue weighted by Crippen LogP contribution is -2.29. The Morgan fingerprint density at radius 2 is 2.00 bits per heavy atom. The number of anilines is 1. The summed E-state index contributed by atoms with van der Waals surface area (Å²) in [7, 11) is 3.14. The molecule has 2 rings (SSSR count). The number of carbonyl (C=O) groups excluding carboxylic acids is 2. The van der Waals surface area contributed by atoms with Gasteiger partial charge in [-0.05, 0) is 47.2 Å². The van der Waals surface area contributed by atoms with Crippen LogP contribution < -0.4 is 10.9 Å². The van der Waals surface area contributed by atoms with Gasteiger partial charge in [0.15, 0.2) is 0 Å². The summed E-state index contributed by atoms with van der Waals surface area (Å²) in [5, 5.41) is 0.932. The predicted octanol–water partition coefficient (Wildman–Crippen LogP) is 3.17. The lowest BCUT2D eigenvalue weighted by Gasteiger charge is -2.08. The van der Waals surface area contributed by atoms with Crippen LogP contribution in [0.1, 0.15) is 16.8 Å². The molecule has 22 heavy (non-hydrogen) atoms. The van der Waals surface area contributed by atoms with Crippen LogP contribution in [-0.2, 0) is 4.79 Å². The molecule has 0 saturated heterocycles. The van der Waals surface area contributed by atoms with Gasteiger partial charge in [-0.3, -0.25) is 20.4 Å². The van der Waals surface area contributed by atoms with Crippen molar-refractivity contribution in [2.45, 2.75) is 11.4 Å². The molecule has 0 aliphatic heterocycles. The molecule has 0 aliphatic carbocycles. The first-order chi connectivity index (χ1) is 10.8. The molecule has 0 atom stereocenters. The van der Waals surface area contributed by atoms with Gasteiger partial charge in [0, 0.05) is 23.9 Å². The van der Waals surface area contributed by atoms with Crippen molar-refractivity contribution in [3.05, 3.63) is 54.2 Å². The molecule has 5 nitrogen and oxygen atoms in total. The standard InChI is InChI=1S/C15H15N3O2S2/c19-11-12-4-6-13(7-5-12)17-18-14(20)8-10-21-22-15-3-1-2-9-16-15/h1-7,9,11,17H,8,10H2,(H,18,20). The Morgan fingerprint density at radius 3 is 2.68 bits per heavy atom. The Balaban J connectivity index is 1.62. The smallest absolute Gasteiger partial charge is 0.239 e. The molecule has 0 radical (unpaired) electrons. The van der Waals surface area contributed by atoms with Crippen LogP contribution >= 0.6 is 21.6 Å². The van der Waals surface area contributed by atoms with Crippen molar-refractivity contribution >= 4 is 39.5 Å². The van der Waals surface area contributed by atoms with E-state index in [1.165, 1.54) is 0 Å². The third-order valence-electron chi connectivity index (χ3n) is 2.59. The Hall–Kier alpha value is -1.99.